The van der Waals surface area contributed by atoms with Crippen LogP contribution >= 0.6 is 0 Å². The van der Waals surface area contributed by atoms with Crippen LogP contribution < -0.4 is 31.1 Å². The highest BCUT2D eigenvalue weighted by Crippen LogP contribution is 2.46. The van der Waals surface area contributed by atoms with Gasteiger partial charge in [0.15, 0.2) is 0 Å². The number of rotatable bonds is 6. The van der Waals surface area contributed by atoms with Crippen molar-refractivity contribution in [1.82, 2.24) is 4.57 Å². The largest absolute Gasteiger partial charge is 0.311 e. The minimum Gasteiger partial charge on any atom is -0.311 e. The summed E-state index contributed by atoms with van der Waals surface area (Å²) in [4.78, 5) is 7.35. The molecule has 0 saturated heterocycles. The van der Waals surface area contributed by atoms with Gasteiger partial charge in [0.2, 0.25) is 0 Å². The summed E-state index contributed by atoms with van der Waals surface area (Å²) in [5.74, 6) is 0. The van der Waals surface area contributed by atoms with Crippen LogP contribution in [0.25, 0.3) is 27.5 Å². The first kappa shape index (κ1) is 34.3. The van der Waals surface area contributed by atoms with Crippen LogP contribution in [0.15, 0.2) is 218 Å². The number of para-hydroxylation sites is 5. The van der Waals surface area contributed by atoms with E-state index in [0.717, 1.165) is 34.1 Å². The predicted molar refractivity (Wildman–Crippen MR) is 254 cm³/mol. The molecular weight excluding hydrogens is 727 g/mol. The van der Waals surface area contributed by atoms with Gasteiger partial charge in [-0.3, -0.25) is 0 Å². The number of aryl methyl sites for hydroxylation is 1. The van der Waals surface area contributed by atoms with E-state index in [1.807, 2.05) is 0 Å². The Labute approximate surface area is 350 Å². The smallest absolute Gasteiger partial charge is 0.252 e. The van der Waals surface area contributed by atoms with Gasteiger partial charge in [-0.15, -0.1) is 0 Å². The summed E-state index contributed by atoms with van der Waals surface area (Å²) in [7, 11) is 0. The first-order valence-corrected chi connectivity index (χ1v) is 20.7. The zero-order valence-corrected chi connectivity index (χ0v) is 33.2. The highest BCUT2D eigenvalue weighted by atomic mass is 15.2. The van der Waals surface area contributed by atoms with E-state index < -0.39 is 0 Å². The Balaban J connectivity index is 1.10. The second-order valence-corrected chi connectivity index (χ2v) is 15.9. The van der Waals surface area contributed by atoms with Gasteiger partial charge < -0.3 is 19.3 Å². The third-order valence-electron chi connectivity index (χ3n) is 12.4. The number of nitrogens with zero attached hydrogens (tertiary/aromatic N) is 4. The van der Waals surface area contributed by atoms with Gasteiger partial charge in [0.1, 0.15) is 0 Å². The summed E-state index contributed by atoms with van der Waals surface area (Å²) in [5, 5.41) is 2.50. The van der Waals surface area contributed by atoms with Crippen molar-refractivity contribution in [3.8, 4) is 5.69 Å². The topological polar surface area (TPSA) is 14.7 Å². The van der Waals surface area contributed by atoms with Crippen LogP contribution in [0, 0.1) is 6.92 Å². The summed E-state index contributed by atoms with van der Waals surface area (Å²) in [6, 6.07) is 79.8. The second-order valence-electron chi connectivity index (χ2n) is 15.9. The second kappa shape index (κ2) is 13.7. The van der Waals surface area contributed by atoms with Gasteiger partial charge in [-0.25, -0.2) is 0 Å². The van der Waals surface area contributed by atoms with Crippen molar-refractivity contribution in [2.24, 2.45) is 0 Å². The molecule has 10 aromatic rings. The Bertz CT molecular complexity index is 3200. The van der Waals surface area contributed by atoms with Crippen LogP contribution in [-0.2, 0) is 0 Å². The van der Waals surface area contributed by atoms with Crippen LogP contribution in [0.2, 0.25) is 0 Å². The lowest BCUT2D eigenvalue weighted by atomic mass is 9.33. The molecule has 0 atom stereocenters. The molecule has 0 saturated carbocycles. The standard InChI is InChI=1S/C55H39BN4/c1-38-29-34-50-48(35-38)56-47-33-31-43(57(39-17-6-2-7-18-39)40-19-8-3-9-20-40)37-54(47)59(42-23-12-5-13-24-42)51-27-16-28-52(55(51)56)60(50)44-30-32-46-45-25-14-15-26-49(45)58(53(46)36-44)41-21-10-4-11-22-41/h2-37H,1H3. The first-order valence-electron chi connectivity index (χ1n) is 20.7. The zero-order valence-electron chi connectivity index (χ0n) is 33.2. The predicted octanol–water partition coefficient (Wildman–Crippen LogP) is 12.6. The fraction of sp³-hybridized carbons (Fsp3) is 0.0182. The molecule has 0 bridgehead atoms. The van der Waals surface area contributed by atoms with Gasteiger partial charge in [0.05, 0.1) is 11.0 Å². The molecule has 1 aromatic heterocycles. The SMILES string of the molecule is Cc1ccc2c(c1)B1c3ccc(N(c4ccccc4)c4ccccc4)cc3N(c3ccccc3)c3cccc(c31)N2c1ccc2c3ccccc3n(-c3ccccc3)c2c1. The maximum atomic E-state index is 2.51. The fourth-order valence-electron chi connectivity index (χ4n) is 9.87. The van der Waals surface area contributed by atoms with E-state index in [1.54, 1.807) is 0 Å². The van der Waals surface area contributed by atoms with E-state index in [0.29, 0.717) is 0 Å². The van der Waals surface area contributed by atoms with Crippen molar-refractivity contribution in [1.29, 1.82) is 0 Å². The molecule has 0 unspecified atom stereocenters. The molecule has 5 heteroatoms. The van der Waals surface area contributed by atoms with Crippen molar-refractivity contribution in [2.45, 2.75) is 6.92 Å². The fourth-order valence-corrected chi connectivity index (χ4v) is 9.87. The van der Waals surface area contributed by atoms with Crippen molar-refractivity contribution in [3.63, 3.8) is 0 Å². The van der Waals surface area contributed by atoms with E-state index in [1.165, 1.54) is 66.5 Å². The maximum absolute atomic E-state index is 2.51. The molecule has 0 aliphatic carbocycles. The molecule has 282 valence electrons. The summed E-state index contributed by atoms with van der Waals surface area (Å²) in [6.45, 7) is 2.24. The molecule has 0 N–H and O–H groups in total. The Hall–Kier alpha value is -7.76. The number of aromatic nitrogens is 1. The lowest BCUT2D eigenvalue weighted by molar-refractivity contribution is 1.18. The lowest BCUT2D eigenvalue weighted by Crippen LogP contribution is -2.61. The van der Waals surface area contributed by atoms with Crippen molar-refractivity contribution in [2.75, 3.05) is 14.7 Å². The van der Waals surface area contributed by atoms with E-state index in [-0.39, 0.29) is 6.71 Å². The van der Waals surface area contributed by atoms with Crippen LogP contribution in [0.4, 0.5) is 51.2 Å². The van der Waals surface area contributed by atoms with Crippen molar-refractivity contribution >= 4 is 96.1 Å². The average molecular weight is 767 g/mol. The number of benzene rings is 9. The van der Waals surface area contributed by atoms with E-state index in [2.05, 4.69) is 245 Å². The summed E-state index contributed by atoms with van der Waals surface area (Å²) in [5.41, 5.74) is 19.1. The molecule has 3 heterocycles. The van der Waals surface area contributed by atoms with Gasteiger partial charge in [0.25, 0.3) is 6.71 Å². The normalized spacial score (nSPS) is 12.7. The highest BCUT2D eigenvalue weighted by Gasteiger charge is 2.43. The Morgan fingerprint density at radius 1 is 0.367 bits per heavy atom. The lowest BCUT2D eigenvalue weighted by Gasteiger charge is -2.44. The van der Waals surface area contributed by atoms with Gasteiger partial charge >= 0.3 is 0 Å². The molecule has 60 heavy (non-hydrogen) atoms. The third-order valence-corrected chi connectivity index (χ3v) is 12.4. The zero-order chi connectivity index (χ0) is 39.7. The van der Waals surface area contributed by atoms with Crippen molar-refractivity contribution < 1.29 is 0 Å². The minimum atomic E-state index is 0.0211. The molecule has 12 rings (SSSR count). The first-order chi connectivity index (χ1) is 29.7. The Morgan fingerprint density at radius 2 is 0.967 bits per heavy atom. The quantitative estimate of drug-likeness (QED) is 0.157. The van der Waals surface area contributed by atoms with Crippen LogP contribution in [-0.4, -0.2) is 11.3 Å². The van der Waals surface area contributed by atoms with E-state index >= 15 is 0 Å². The molecule has 0 amide bonds. The van der Waals surface area contributed by atoms with E-state index in [9.17, 15) is 0 Å². The molecule has 4 nitrogen and oxygen atoms in total. The number of anilines is 9. The summed E-state index contributed by atoms with van der Waals surface area (Å²) in [6.07, 6.45) is 0. The van der Waals surface area contributed by atoms with E-state index in [4.69, 9.17) is 0 Å². The number of hydrogen-bond donors (Lipinski definition) is 0. The molecule has 9 aromatic carbocycles. The van der Waals surface area contributed by atoms with Crippen LogP contribution in [0.5, 0.6) is 0 Å². The van der Waals surface area contributed by atoms with Gasteiger partial charge in [-0.2, -0.15) is 0 Å². The molecule has 2 aliphatic rings. The third kappa shape index (κ3) is 5.26. The molecule has 0 fully saturated rings. The number of hydrogen-bond acceptors (Lipinski definition) is 3. The Morgan fingerprint density at radius 3 is 1.67 bits per heavy atom. The number of fused-ring (bicyclic) bond motifs is 7. The van der Waals surface area contributed by atoms with Gasteiger partial charge in [0, 0.05) is 67.6 Å². The molecule has 0 radical (unpaired) electrons. The summed E-state index contributed by atoms with van der Waals surface area (Å²) < 4.78 is 2.41. The van der Waals surface area contributed by atoms with Gasteiger partial charge in [-0.1, -0.05) is 127 Å². The Kier molecular flexibility index (Phi) is 7.82. The van der Waals surface area contributed by atoms with Crippen molar-refractivity contribution in [3.05, 3.63) is 224 Å². The minimum absolute atomic E-state index is 0.0211. The maximum Gasteiger partial charge on any atom is 0.252 e. The monoisotopic (exact) mass is 766 g/mol. The van der Waals surface area contributed by atoms with Crippen LogP contribution in [0.1, 0.15) is 5.56 Å². The molecular formula is C55H39BN4. The highest BCUT2D eigenvalue weighted by molar-refractivity contribution is 7.00. The average Bonchev–Trinajstić information content (AvgIpc) is 3.64. The summed E-state index contributed by atoms with van der Waals surface area (Å²) >= 11 is 0. The van der Waals surface area contributed by atoms with Crippen LogP contribution in [0.3, 0.4) is 0 Å². The molecule has 0 spiro atoms. The van der Waals surface area contributed by atoms with Gasteiger partial charge in [-0.05, 0) is 120 Å². The molecule has 2 aliphatic heterocycles.